The molecular weight excluding hydrogens is 545 g/mol. The minimum absolute atomic E-state index is 0.116. The molecule has 2 bridgehead atoms. The second kappa shape index (κ2) is 13.8. The van der Waals surface area contributed by atoms with Crippen molar-refractivity contribution < 1.29 is 18.7 Å². The van der Waals surface area contributed by atoms with Gasteiger partial charge in [-0.3, -0.25) is 9.69 Å². The number of hydrogen-bond donors (Lipinski definition) is 0. The Morgan fingerprint density at radius 3 is 2.42 bits per heavy atom. The molecule has 0 N–H and O–H groups in total. The predicted octanol–water partition coefficient (Wildman–Crippen LogP) is 4.43. The first kappa shape index (κ1) is 28.8. The number of fused-ring (bicyclic) bond motifs is 3. The van der Waals surface area contributed by atoms with Crippen LogP contribution in [0.25, 0.3) is 11.1 Å². The molecule has 1 aromatic heterocycles. The number of anilines is 1. The highest BCUT2D eigenvalue weighted by Crippen LogP contribution is 2.29. The van der Waals surface area contributed by atoms with E-state index in [9.17, 15) is 9.18 Å². The van der Waals surface area contributed by atoms with Gasteiger partial charge in [-0.15, -0.1) is 0 Å². The molecule has 222 valence electrons. The molecule has 9 heteroatoms. The number of piperazine rings is 1. The summed E-state index contributed by atoms with van der Waals surface area (Å²) in [7, 11) is 0. The number of aromatic nitrogens is 2. The van der Waals surface area contributed by atoms with Gasteiger partial charge in [-0.1, -0.05) is 30.3 Å². The van der Waals surface area contributed by atoms with Crippen LogP contribution in [0.4, 0.5) is 10.1 Å². The summed E-state index contributed by atoms with van der Waals surface area (Å²) in [6, 6.07) is 21.3. The smallest absolute Gasteiger partial charge is 0.236 e. The summed E-state index contributed by atoms with van der Waals surface area (Å²) in [6.45, 7) is 5.78. The second-order valence-electron chi connectivity index (χ2n) is 11.0. The number of carbonyl (C=O) groups excluding carboxylic acids is 1. The Morgan fingerprint density at radius 2 is 1.60 bits per heavy atom. The number of ether oxygens (including phenoxy) is 2. The van der Waals surface area contributed by atoms with Gasteiger partial charge in [0.05, 0.1) is 19.8 Å². The molecular formula is C34H36FN5O3. The van der Waals surface area contributed by atoms with Gasteiger partial charge < -0.3 is 19.3 Å². The van der Waals surface area contributed by atoms with Gasteiger partial charge in [0.2, 0.25) is 5.91 Å². The van der Waals surface area contributed by atoms with Gasteiger partial charge in [-0.2, -0.15) is 0 Å². The maximum Gasteiger partial charge on any atom is 0.236 e. The van der Waals surface area contributed by atoms with E-state index in [0.29, 0.717) is 59.0 Å². The first-order chi connectivity index (χ1) is 21.1. The van der Waals surface area contributed by atoms with E-state index in [-0.39, 0.29) is 11.7 Å². The molecule has 3 heterocycles. The summed E-state index contributed by atoms with van der Waals surface area (Å²) < 4.78 is 25.4. The topological polar surface area (TPSA) is 71.0 Å². The molecule has 3 aromatic carbocycles. The van der Waals surface area contributed by atoms with Crippen molar-refractivity contribution >= 4 is 11.6 Å². The number of benzene rings is 3. The third-order valence-electron chi connectivity index (χ3n) is 7.97. The fourth-order valence-electron chi connectivity index (χ4n) is 5.68. The molecule has 0 radical (unpaired) electrons. The van der Waals surface area contributed by atoms with E-state index in [0.717, 1.165) is 46.8 Å². The zero-order valence-corrected chi connectivity index (χ0v) is 24.2. The molecule has 1 amide bonds. The molecule has 2 aliphatic rings. The average molecular weight is 582 g/mol. The first-order valence-corrected chi connectivity index (χ1v) is 14.8. The van der Waals surface area contributed by atoms with Gasteiger partial charge in [0.25, 0.3) is 0 Å². The second-order valence-corrected chi connectivity index (χ2v) is 11.0. The standard InChI is InChI=1S/C34H36FN5O3/c35-31-5-7-32(8-6-31)39-10-12-40(13-11-39)34(41)24-38-14-15-42-16-17-43-33-9-4-28(30-21-36-25-37-22-30)20-29(33)19-26-2-1-3-27(18-26)23-38/h1-9,18,20-22,25H,10-17,19,23-24H2. The van der Waals surface area contributed by atoms with Crippen molar-refractivity contribution in [2.75, 3.05) is 64.0 Å². The van der Waals surface area contributed by atoms with Crippen LogP contribution in [0.3, 0.4) is 0 Å². The summed E-state index contributed by atoms with van der Waals surface area (Å²) >= 11 is 0. The molecule has 0 saturated carbocycles. The molecule has 43 heavy (non-hydrogen) atoms. The van der Waals surface area contributed by atoms with Crippen LogP contribution in [-0.4, -0.2) is 84.8 Å². The van der Waals surface area contributed by atoms with Crippen LogP contribution in [0.1, 0.15) is 16.7 Å². The summed E-state index contributed by atoms with van der Waals surface area (Å²) in [6.07, 6.45) is 5.87. The Morgan fingerprint density at radius 1 is 0.814 bits per heavy atom. The van der Waals surface area contributed by atoms with Crippen molar-refractivity contribution in [3.8, 4) is 16.9 Å². The van der Waals surface area contributed by atoms with Gasteiger partial charge in [-0.25, -0.2) is 14.4 Å². The van der Waals surface area contributed by atoms with E-state index in [1.165, 1.54) is 24.0 Å². The van der Waals surface area contributed by atoms with Crippen LogP contribution in [0.5, 0.6) is 5.75 Å². The zero-order chi connectivity index (χ0) is 29.4. The van der Waals surface area contributed by atoms with Crippen molar-refractivity contribution in [1.82, 2.24) is 19.8 Å². The lowest BCUT2D eigenvalue weighted by Gasteiger charge is -2.37. The minimum Gasteiger partial charge on any atom is -0.491 e. The average Bonchev–Trinajstić information content (AvgIpc) is 3.04. The van der Waals surface area contributed by atoms with Crippen molar-refractivity contribution in [3.05, 3.63) is 108 Å². The van der Waals surface area contributed by atoms with Crippen molar-refractivity contribution in [1.29, 1.82) is 0 Å². The fraction of sp³-hybridized carbons (Fsp3) is 0.324. The molecule has 1 saturated heterocycles. The number of hydrogen-bond acceptors (Lipinski definition) is 7. The Labute approximate surface area is 251 Å². The molecule has 0 atom stereocenters. The monoisotopic (exact) mass is 581 g/mol. The number of rotatable bonds is 4. The van der Waals surface area contributed by atoms with Gasteiger partial charge in [0, 0.05) is 69.3 Å². The van der Waals surface area contributed by atoms with Crippen LogP contribution in [0.15, 0.2) is 85.5 Å². The highest BCUT2D eigenvalue weighted by atomic mass is 19.1. The normalized spacial score (nSPS) is 16.6. The largest absolute Gasteiger partial charge is 0.491 e. The molecule has 0 spiro atoms. The quantitative estimate of drug-likeness (QED) is 0.353. The number of nitrogens with zero attached hydrogens (tertiary/aromatic N) is 5. The fourth-order valence-corrected chi connectivity index (χ4v) is 5.68. The Balaban J connectivity index is 1.14. The SMILES string of the molecule is O=C(CN1CCOCCOc2ccc(-c3cncnc3)cc2Cc2cccc(c2)C1)N1CCN(c2ccc(F)cc2)CC1. The highest BCUT2D eigenvalue weighted by Gasteiger charge is 2.23. The zero-order valence-electron chi connectivity index (χ0n) is 24.2. The van der Waals surface area contributed by atoms with Crippen LogP contribution in [-0.2, 0) is 22.5 Å². The lowest BCUT2D eigenvalue weighted by atomic mass is 9.98. The molecule has 1 fully saturated rings. The lowest BCUT2D eigenvalue weighted by molar-refractivity contribution is -0.133. The molecule has 2 aliphatic heterocycles. The predicted molar refractivity (Wildman–Crippen MR) is 163 cm³/mol. The molecule has 0 aliphatic carbocycles. The van der Waals surface area contributed by atoms with Gasteiger partial charge in [0.1, 0.15) is 24.5 Å². The number of carbonyl (C=O) groups is 1. The lowest BCUT2D eigenvalue weighted by Crippen LogP contribution is -2.51. The van der Waals surface area contributed by atoms with Gasteiger partial charge in [-0.05, 0) is 58.7 Å². The third-order valence-corrected chi connectivity index (χ3v) is 7.97. The van der Waals surface area contributed by atoms with Crippen LogP contribution < -0.4 is 9.64 Å². The summed E-state index contributed by atoms with van der Waals surface area (Å²) in [5.74, 6) is 0.721. The van der Waals surface area contributed by atoms with Gasteiger partial charge in [0.15, 0.2) is 0 Å². The molecule has 4 aromatic rings. The van der Waals surface area contributed by atoms with Crippen LogP contribution in [0, 0.1) is 5.82 Å². The van der Waals surface area contributed by atoms with E-state index in [1.54, 1.807) is 12.1 Å². The summed E-state index contributed by atoms with van der Waals surface area (Å²) in [5.41, 5.74) is 6.40. The van der Waals surface area contributed by atoms with E-state index in [4.69, 9.17) is 9.47 Å². The molecule has 0 unspecified atom stereocenters. The molecule has 6 rings (SSSR count). The minimum atomic E-state index is -0.241. The molecule has 8 nitrogen and oxygen atoms in total. The Bertz CT molecular complexity index is 1510. The Hall–Kier alpha value is -4.34. The van der Waals surface area contributed by atoms with E-state index >= 15 is 0 Å². The maximum absolute atomic E-state index is 13.4. The highest BCUT2D eigenvalue weighted by molar-refractivity contribution is 5.78. The first-order valence-electron chi connectivity index (χ1n) is 14.8. The number of amides is 1. The number of halogens is 1. The van der Waals surface area contributed by atoms with Crippen molar-refractivity contribution in [2.24, 2.45) is 0 Å². The van der Waals surface area contributed by atoms with Crippen LogP contribution >= 0.6 is 0 Å². The summed E-state index contributed by atoms with van der Waals surface area (Å²) in [5, 5.41) is 0. The van der Waals surface area contributed by atoms with Crippen LogP contribution in [0.2, 0.25) is 0 Å². The third kappa shape index (κ3) is 7.55. The van der Waals surface area contributed by atoms with E-state index < -0.39 is 0 Å². The van der Waals surface area contributed by atoms with Gasteiger partial charge >= 0.3 is 0 Å². The Kier molecular flexibility index (Phi) is 9.20. The van der Waals surface area contributed by atoms with Crippen molar-refractivity contribution in [3.63, 3.8) is 0 Å². The summed E-state index contributed by atoms with van der Waals surface area (Å²) in [4.78, 5) is 28.0. The van der Waals surface area contributed by atoms with E-state index in [2.05, 4.69) is 50.1 Å². The van der Waals surface area contributed by atoms with E-state index in [1.807, 2.05) is 29.4 Å². The maximum atomic E-state index is 13.4. The van der Waals surface area contributed by atoms with Crippen molar-refractivity contribution in [2.45, 2.75) is 13.0 Å².